The Morgan fingerprint density at radius 2 is 2.11 bits per heavy atom. The Hall–Kier alpha value is -0.0500. The third-order valence-electron chi connectivity index (χ3n) is 5.13. The van der Waals surface area contributed by atoms with Crippen molar-refractivity contribution in [1.29, 1.82) is 0 Å². The topological polar surface area (TPSA) is 15.3 Å². The van der Waals surface area contributed by atoms with Gasteiger partial charge in [-0.1, -0.05) is 24.4 Å². The molecule has 1 atom stereocenters. The molecule has 0 radical (unpaired) electrons. The van der Waals surface area contributed by atoms with E-state index in [1.807, 2.05) is 0 Å². The molecule has 1 N–H and O–H groups in total. The number of hydrogen-bond donors (Lipinski definition) is 1. The number of piperazine rings is 1. The maximum absolute atomic E-state index is 5.87. The second kappa shape index (κ2) is 5.15. The highest BCUT2D eigenvalue weighted by Gasteiger charge is 2.46. The van der Waals surface area contributed by atoms with Crippen LogP contribution in [0.1, 0.15) is 45.4 Å². The molecule has 1 spiro atoms. The van der Waals surface area contributed by atoms with Crippen molar-refractivity contribution >= 4 is 11.6 Å². The van der Waals surface area contributed by atoms with Gasteiger partial charge in [0.25, 0.3) is 0 Å². The van der Waals surface area contributed by atoms with Crippen LogP contribution in [-0.4, -0.2) is 36.1 Å². The molecule has 3 rings (SSSR count). The van der Waals surface area contributed by atoms with Gasteiger partial charge in [0.2, 0.25) is 0 Å². The zero-order chi connectivity index (χ0) is 12.6. The van der Waals surface area contributed by atoms with Crippen LogP contribution in [0.15, 0.2) is 11.1 Å². The summed E-state index contributed by atoms with van der Waals surface area (Å²) in [5.41, 5.74) is 3.50. The van der Waals surface area contributed by atoms with Crippen molar-refractivity contribution in [3.63, 3.8) is 0 Å². The molecular formula is C15H25ClN2. The molecule has 2 nitrogen and oxygen atoms in total. The lowest BCUT2D eigenvalue weighted by atomic mass is 9.89. The molecule has 1 aliphatic heterocycles. The monoisotopic (exact) mass is 268 g/mol. The molecular weight excluding hydrogens is 244 g/mol. The summed E-state index contributed by atoms with van der Waals surface area (Å²) in [5, 5.41) is 3.84. The van der Waals surface area contributed by atoms with Crippen molar-refractivity contribution in [2.45, 2.75) is 57.0 Å². The van der Waals surface area contributed by atoms with E-state index in [0.717, 1.165) is 18.5 Å². The lowest BCUT2D eigenvalue weighted by molar-refractivity contribution is 0.0470. The maximum atomic E-state index is 5.87. The highest BCUT2D eigenvalue weighted by Crippen LogP contribution is 2.41. The van der Waals surface area contributed by atoms with Crippen LogP contribution in [-0.2, 0) is 0 Å². The van der Waals surface area contributed by atoms with Crippen molar-refractivity contribution in [2.75, 3.05) is 19.6 Å². The summed E-state index contributed by atoms with van der Waals surface area (Å²) in [7, 11) is 0. The van der Waals surface area contributed by atoms with Gasteiger partial charge in [-0.3, -0.25) is 4.90 Å². The average Bonchev–Trinajstić information content (AvgIpc) is 3.13. The van der Waals surface area contributed by atoms with E-state index < -0.39 is 0 Å². The summed E-state index contributed by atoms with van der Waals surface area (Å²) in [6.07, 6.45) is 8.40. The van der Waals surface area contributed by atoms with Crippen LogP contribution in [0.25, 0.3) is 0 Å². The van der Waals surface area contributed by atoms with Crippen molar-refractivity contribution in [2.24, 2.45) is 5.92 Å². The number of halogens is 1. The first kappa shape index (κ1) is 13.0. The van der Waals surface area contributed by atoms with E-state index in [9.17, 15) is 0 Å². The predicted molar refractivity (Wildman–Crippen MR) is 76.9 cm³/mol. The Labute approximate surface area is 116 Å². The van der Waals surface area contributed by atoms with Gasteiger partial charge in [0.1, 0.15) is 0 Å². The van der Waals surface area contributed by atoms with Crippen LogP contribution in [0, 0.1) is 5.92 Å². The van der Waals surface area contributed by atoms with Gasteiger partial charge in [0, 0.05) is 36.8 Å². The Morgan fingerprint density at radius 1 is 1.39 bits per heavy atom. The molecule has 2 saturated carbocycles. The van der Waals surface area contributed by atoms with Gasteiger partial charge >= 0.3 is 0 Å². The third kappa shape index (κ3) is 2.48. The minimum absolute atomic E-state index is 0.437. The Bertz CT molecular complexity index is 329. The molecule has 1 heterocycles. The van der Waals surface area contributed by atoms with Crippen LogP contribution in [0.2, 0.25) is 0 Å². The molecule has 3 aliphatic rings. The second-order valence-electron chi connectivity index (χ2n) is 6.59. The molecule has 0 aromatic rings. The standard InChI is InChI=1S/C15H25ClN2/c1-12(8-16)9-18-10-14(13-4-5-13)17-11-15(18)6-2-3-7-15/h8,13-14,17H,2-7,9-11H2,1H3. The smallest absolute Gasteiger partial charge is 0.0338 e. The van der Waals surface area contributed by atoms with Gasteiger partial charge in [-0.15, -0.1) is 0 Å². The first-order valence-electron chi connectivity index (χ1n) is 7.48. The largest absolute Gasteiger partial charge is 0.311 e. The Balaban J connectivity index is 1.72. The van der Waals surface area contributed by atoms with E-state index in [4.69, 9.17) is 11.6 Å². The minimum atomic E-state index is 0.437. The quantitative estimate of drug-likeness (QED) is 0.846. The van der Waals surface area contributed by atoms with Crippen LogP contribution in [0.5, 0.6) is 0 Å². The maximum Gasteiger partial charge on any atom is 0.0338 e. The van der Waals surface area contributed by atoms with E-state index in [2.05, 4.69) is 17.1 Å². The van der Waals surface area contributed by atoms with Gasteiger partial charge in [0.15, 0.2) is 0 Å². The Morgan fingerprint density at radius 3 is 2.72 bits per heavy atom. The van der Waals surface area contributed by atoms with E-state index in [-0.39, 0.29) is 0 Å². The first-order chi connectivity index (χ1) is 8.73. The fourth-order valence-corrected chi connectivity index (χ4v) is 3.91. The van der Waals surface area contributed by atoms with E-state index >= 15 is 0 Å². The third-order valence-corrected chi connectivity index (χ3v) is 5.51. The van der Waals surface area contributed by atoms with Gasteiger partial charge < -0.3 is 5.32 Å². The minimum Gasteiger partial charge on any atom is -0.311 e. The lowest BCUT2D eigenvalue weighted by Crippen LogP contribution is -2.64. The molecule has 1 saturated heterocycles. The number of rotatable bonds is 3. The predicted octanol–water partition coefficient (Wildman–Crippen LogP) is 3.13. The molecule has 0 amide bonds. The summed E-state index contributed by atoms with van der Waals surface area (Å²) in [5.74, 6) is 0.951. The molecule has 3 fully saturated rings. The van der Waals surface area contributed by atoms with E-state index in [0.29, 0.717) is 5.54 Å². The number of nitrogens with zero attached hydrogens (tertiary/aromatic N) is 1. The molecule has 18 heavy (non-hydrogen) atoms. The van der Waals surface area contributed by atoms with Gasteiger partial charge in [0.05, 0.1) is 0 Å². The normalized spacial score (nSPS) is 33.2. The number of hydrogen-bond acceptors (Lipinski definition) is 2. The average molecular weight is 269 g/mol. The number of nitrogens with one attached hydrogen (secondary N) is 1. The first-order valence-corrected chi connectivity index (χ1v) is 7.91. The van der Waals surface area contributed by atoms with Crippen LogP contribution < -0.4 is 5.32 Å². The van der Waals surface area contributed by atoms with Crippen molar-refractivity contribution in [3.05, 3.63) is 11.1 Å². The molecule has 102 valence electrons. The van der Waals surface area contributed by atoms with Crippen LogP contribution in [0.4, 0.5) is 0 Å². The summed E-state index contributed by atoms with van der Waals surface area (Å²) >= 11 is 5.87. The highest BCUT2D eigenvalue weighted by atomic mass is 35.5. The fourth-order valence-electron chi connectivity index (χ4n) is 3.84. The molecule has 0 bridgehead atoms. The van der Waals surface area contributed by atoms with Crippen molar-refractivity contribution < 1.29 is 0 Å². The SMILES string of the molecule is CC(=CCl)CN1CC(C2CC2)NCC12CCCC2. The summed E-state index contributed by atoms with van der Waals surface area (Å²) < 4.78 is 0. The fraction of sp³-hybridized carbons (Fsp3) is 0.867. The Kier molecular flexibility index (Phi) is 3.70. The van der Waals surface area contributed by atoms with Gasteiger partial charge in [-0.05, 0) is 44.1 Å². The van der Waals surface area contributed by atoms with Gasteiger partial charge in [-0.2, -0.15) is 0 Å². The van der Waals surface area contributed by atoms with Crippen molar-refractivity contribution in [3.8, 4) is 0 Å². The molecule has 3 heteroatoms. The molecule has 0 aromatic heterocycles. The summed E-state index contributed by atoms with van der Waals surface area (Å²) in [6.45, 7) is 5.65. The molecule has 0 aromatic carbocycles. The van der Waals surface area contributed by atoms with Crippen LogP contribution >= 0.6 is 11.6 Å². The summed E-state index contributed by atoms with van der Waals surface area (Å²) in [4.78, 5) is 2.74. The van der Waals surface area contributed by atoms with Crippen LogP contribution in [0.3, 0.4) is 0 Å². The van der Waals surface area contributed by atoms with Gasteiger partial charge in [-0.25, -0.2) is 0 Å². The van der Waals surface area contributed by atoms with E-state index in [1.165, 1.54) is 57.2 Å². The lowest BCUT2D eigenvalue weighted by Gasteiger charge is -2.48. The van der Waals surface area contributed by atoms with E-state index in [1.54, 1.807) is 5.54 Å². The highest BCUT2D eigenvalue weighted by molar-refractivity contribution is 6.25. The summed E-state index contributed by atoms with van der Waals surface area (Å²) in [6, 6.07) is 0.736. The second-order valence-corrected chi connectivity index (χ2v) is 6.81. The van der Waals surface area contributed by atoms with Crippen molar-refractivity contribution in [1.82, 2.24) is 10.2 Å². The molecule has 1 unspecified atom stereocenters. The molecule has 2 aliphatic carbocycles. The zero-order valence-electron chi connectivity index (χ0n) is 11.4. The zero-order valence-corrected chi connectivity index (χ0v) is 12.2.